The maximum absolute atomic E-state index is 13.0. The van der Waals surface area contributed by atoms with E-state index in [2.05, 4.69) is 23.3 Å². The van der Waals surface area contributed by atoms with E-state index in [4.69, 9.17) is 5.73 Å². The fraction of sp³-hybridized carbons (Fsp3) is 0.789. The molecular formula is C19H34N4O5S2. The number of carboxylic acid groups (broad SMARTS) is 1. The van der Waals surface area contributed by atoms with Gasteiger partial charge in [-0.15, -0.1) is 0 Å². The van der Waals surface area contributed by atoms with Gasteiger partial charge in [-0.3, -0.25) is 14.4 Å². The Morgan fingerprint density at radius 2 is 1.83 bits per heavy atom. The first-order chi connectivity index (χ1) is 14.1. The second-order valence-corrected chi connectivity index (χ2v) is 9.20. The van der Waals surface area contributed by atoms with E-state index in [0.717, 1.165) is 0 Å². The summed E-state index contributed by atoms with van der Waals surface area (Å²) in [5, 5.41) is 14.8. The van der Waals surface area contributed by atoms with E-state index < -0.39 is 47.9 Å². The van der Waals surface area contributed by atoms with Crippen LogP contribution in [0.25, 0.3) is 0 Å². The molecule has 4 unspecified atom stereocenters. The molecular weight excluding hydrogens is 428 g/mol. The van der Waals surface area contributed by atoms with Crippen LogP contribution in [0.15, 0.2) is 0 Å². The van der Waals surface area contributed by atoms with Crippen LogP contribution in [0.3, 0.4) is 0 Å². The molecule has 1 aliphatic rings. The first-order valence-electron chi connectivity index (χ1n) is 10.1. The van der Waals surface area contributed by atoms with Crippen molar-refractivity contribution in [2.45, 2.75) is 63.7 Å². The number of hydrogen-bond acceptors (Lipinski definition) is 7. The lowest BCUT2D eigenvalue weighted by molar-refractivity contribution is -0.149. The van der Waals surface area contributed by atoms with Crippen LogP contribution in [0.2, 0.25) is 0 Å². The number of rotatable bonds is 12. The molecule has 0 spiro atoms. The summed E-state index contributed by atoms with van der Waals surface area (Å²) < 4.78 is 0. The summed E-state index contributed by atoms with van der Waals surface area (Å²) >= 11 is 5.54. The predicted octanol–water partition coefficient (Wildman–Crippen LogP) is 0.0879. The summed E-state index contributed by atoms with van der Waals surface area (Å²) in [6, 6.07) is -3.41. The number of thiol groups is 1. The number of hydrogen-bond donors (Lipinski definition) is 5. The number of nitrogens with one attached hydrogen (secondary N) is 2. The average Bonchev–Trinajstić information content (AvgIpc) is 3.18. The van der Waals surface area contributed by atoms with Crippen LogP contribution >= 0.6 is 24.4 Å². The van der Waals surface area contributed by atoms with Gasteiger partial charge in [-0.1, -0.05) is 13.8 Å². The van der Waals surface area contributed by atoms with Gasteiger partial charge in [-0.25, -0.2) is 4.79 Å². The van der Waals surface area contributed by atoms with Crippen molar-refractivity contribution >= 4 is 48.1 Å². The van der Waals surface area contributed by atoms with E-state index >= 15 is 0 Å². The monoisotopic (exact) mass is 462 g/mol. The molecule has 1 saturated heterocycles. The molecule has 172 valence electrons. The zero-order chi connectivity index (χ0) is 22.8. The molecule has 0 aromatic rings. The van der Waals surface area contributed by atoms with Gasteiger partial charge in [0, 0.05) is 12.3 Å². The molecule has 0 saturated carbocycles. The Labute approximate surface area is 187 Å². The van der Waals surface area contributed by atoms with Gasteiger partial charge in [0.05, 0.1) is 6.04 Å². The van der Waals surface area contributed by atoms with Gasteiger partial charge in [0.1, 0.15) is 18.1 Å². The Kier molecular flexibility index (Phi) is 11.6. The van der Waals surface area contributed by atoms with Crippen molar-refractivity contribution in [2.24, 2.45) is 11.7 Å². The van der Waals surface area contributed by atoms with Crippen LogP contribution in [0.1, 0.15) is 39.5 Å². The van der Waals surface area contributed by atoms with E-state index in [0.29, 0.717) is 38.0 Å². The van der Waals surface area contributed by atoms with Gasteiger partial charge in [0.15, 0.2) is 0 Å². The lowest BCUT2D eigenvalue weighted by Gasteiger charge is -2.29. The smallest absolute Gasteiger partial charge is 0.326 e. The second kappa shape index (κ2) is 13.1. The quantitative estimate of drug-likeness (QED) is 0.259. The van der Waals surface area contributed by atoms with Crippen LogP contribution in [0, 0.1) is 5.92 Å². The molecule has 0 aromatic carbocycles. The standard InChI is InChI=1S/C19H34N4O5S2/c1-11(2)9-14(22-16(24)12(20)10-29)17(25)21-13(6-8-30-3)18(26)23-7-4-5-15(23)19(27)28/h11-15,29H,4-10,20H2,1-3H3,(H,21,25)(H,22,24)(H,27,28). The van der Waals surface area contributed by atoms with Gasteiger partial charge in [0.25, 0.3) is 0 Å². The Morgan fingerprint density at radius 1 is 1.20 bits per heavy atom. The van der Waals surface area contributed by atoms with Gasteiger partial charge >= 0.3 is 5.97 Å². The average molecular weight is 463 g/mol. The SMILES string of the molecule is CSCCC(NC(=O)C(CC(C)C)NC(=O)C(N)CS)C(=O)N1CCCC1C(=O)O. The third kappa shape index (κ3) is 7.99. The van der Waals surface area contributed by atoms with Crippen molar-refractivity contribution in [1.82, 2.24) is 15.5 Å². The number of amides is 3. The predicted molar refractivity (Wildman–Crippen MR) is 121 cm³/mol. The van der Waals surface area contributed by atoms with Crippen molar-refractivity contribution in [3.05, 3.63) is 0 Å². The Morgan fingerprint density at radius 3 is 2.37 bits per heavy atom. The third-order valence-corrected chi connectivity index (χ3v) is 5.96. The molecule has 9 nitrogen and oxygen atoms in total. The Bertz CT molecular complexity index is 620. The number of nitrogens with two attached hydrogens (primary N) is 1. The second-order valence-electron chi connectivity index (χ2n) is 7.85. The molecule has 1 aliphatic heterocycles. The van der Waals surface area contributed by atoms with E-state index in [-0.39, 0.29) is 11.7 Å². The highest BCUT2D eigenvalue weighted by atomic mass is 32.2. The summed E-state index contributed by atoms with van der Waals surface area (Å²) in [6.07, 6.45) is 3.65. The van der Waals surface area contributed by atoms with Gasteiger partial charge in [0.2, 0.25) is 17.7 Å². The fourth-order valence-electron chi connectivity index (χ4n) is 3.32. The maximum atomic E-state index is 13.0. The zero-order valence-electron chi connectivity index (χ0n) is 17.8. The third-order valence-electron chi connectivity index (χ3n) is 4.92. The molecule has 30 heavy (non-hydrogen) atoms. The number of aliphatic carboxylic acids is 1. The molecule has 0 aliphatic carbocycles. The molecule has 0 bridgehead atoms. The molecule has 3 amide bonds. The summed E-state index contributed by atoms with van der Waals surface area (Å²) in [6.45, 7) is 4.19. The molecule has 4 atom stereocenters. The Hall–Kier alpha value is -1.46. The summed E-state index contributed by atoms with van der Waals surface area (Å²) in [5.41, 5.74) is 5.70. The van der Waals surface area contributed by atoms with Crippen molar-refractivity contribution in [3.63, 3.8) is 0 Å². The van der Waals surface area contributed by atoms with Crippen molar-refractivity contribution in [2.75, 3.05) is 24.3 Å². The van der Waals surface area contributed by atoms with Crippen LogP contribution < -0.4 is 16.4 Å². The molecule has 1 rings (SSSR count). The van der Waals surface area contributed by atoms with Gasteiger partial charge in [-0.05, 0) is 43.6 Å². The number of thioether (sulfide) groups is 1. The lowest BCUT2D eigenvalue weighted by Crippen LogP contribution is -2.57. The summed E-state index contributed by atoms with van der Waals surface area (Å²) in [5.74, 6) is -1.53. The van der Waals surface area contributed by atoms with Crippen molar-refractivity contribution in [3.8, 4) is 0 Å². The first kappa shape index (κ1) is 26.6. The minimum Gasteiger partial charge on any atom is -0.480 e. The van der Waals surface area contributed by atoms with Crippen LogP contribution in [0.5, 0.6) is 0 Å². The minimum absolute atomic E-state index is 0.114. The number of carbonyl (C=O) groups is 4. The molecule has 1 heterocycles. The first-order valence-corrected chi connectivity index (χ1v) is 12.1. The highest BCUT2D eigenvalue weighted by Gasteiger charge is 2.38. The molecule has 0 radical (unpaired) electrons. The van der Waals surface area contributed by atoms with E-state index in [9.17, 15) is 24.3 Å². The zero-order valence-corrected chi connectivity index (χ0v) is 19.5. The van der Waals surface area contributed by atoms with Crippen molar-refractivity contribution in [1.29, 1.82) is 0 Å². The highest BCUT2D eigenvalue weighted by Crippen LogP contribution is 2.20. The normalized spacial score (nSPS) is 19.3. The summed E-state index contributed by atoms with van der Waals surface area (Å²) in [4.78, 5) is 51.0. The largest absolute Gasteiger partial charge is 0.480 e. The molecule has 0 aromatic heterocycles. The van der Waals surface area contributed by atoms with E-state index in [1.165, 1.54) is 16.7 Å². The molecule has 5 N–H and O–H groups in total. The number of nitrogens with zero attached hydrogens (tertiary/aromatic N) is 1. The topological polar surface area (TPSA) is 142 Å². The molecule has 11 heteroatoms. The highest BCUT2D eigenvalue weighted by molar-refractivity contribution is 7.98. The van der Waals surface area contributed by atoms with Crippen LogP contribution in [-0.4, -0.2) is 82.2 Å². The Balaban J connectivity index is 2.96. The minimum atomic E-state index is -1.04. The van der Waals surface area contributed by atoms with Crippen LogP contribution in [-0.2, 0) is 19.2 Å². The van der Waals surface area contributed by atoms with Gasteiger partial charge in [-0.2, -0.15) is 24.4 Å². The molecule has 1 fully saturated rings. The summed E-state index contributed by atoms with van der Waals surface area (Å²) in [7, 11) is 0. The number of carboxylic acids is 1. The van der Waals surface area contributed by atoms with Crippen molar-refractivity contribution < 1.29 is 24.3 Å². The van der Waals surface area contributed by atoms with Crippen LogP contribution in [0.4, 0.5) is 0 Å². The fourth-order valence-corrected chi connectivity index (χ4v) is 3.95. The number of likely N-dealkylation sites (tertiary alicyclic amines) is 1. The van der Waals surface area contributed by atoms with Gasteiger partial charge < -0.3 is 26.4 Å². The van der Waals surface area contributed by atoms with E-state index in [1.54, 1.807) is 0 Å². The maximum Gasteiger partial charge on any atom is 0.326 e. The lowest BCUT2D eigenvalue weighted by atomic mass is 10.0. The number of carbonyl (C=O) groups excluding carboxylic acids is 3. The van der Waals surface area contributed by atoms with E-state index in [1.807, 2.05) is 20.1 Å².